The van der Waals surface area contributed by atoms with Crippen LogP contribution in [0.1, 0.15) is 22.1 Å². The third-order valence-electron chi connectivity index (χ3n) is 4.01. The Morgan fingerprint density at radius 1 is 1.08 bits per heavy atom. The zero-order valence-corrected chi connectivity index (χ0v) is 14.5. The fourth-order valence-corrected chi connectivity index (χ4v) is 2.74. The molecule has 3 rings (SSSR count). The maximum absolute atomic E-state index is 13.6. The Morgan fingerprint density at radius 2 is 1.85 bits per heavy atom. The molecule has 0 bridgehead atoms. The molecule has 3 aromatic rings. The standard InChI is InChI=1S/C19H17FN2O4/c1-11(23)22-10-15(14-6-4-12(20)8-17(14)22)19(24)21-16-9-13(25-2)5-7-18(16)26-3/h4-10H,1-3H3,(H,21,24). The van der Waals surface area contributed by atoms with Crippen molar-refractivity contribution in [1.82, 2.24) is 4.57 Å². The van der Waals surface area contributed by atoms with Gasteiger partial charge in [-0.05, 0) is 30.3 Å². The van der Waals surface area contributed by atoms with Crippen molar-refractivity contribution in [2.75, 3.05) is 19.5 Å². The van der Waals surface area contributed by atoms with Gasteiger partial charge in [0.05, 0.1) is 31.0 Å². The van der Waals surface area contributed by atoms with Crippen molar-refractivity contribution < 1.29 is 23.5 Å². The van der Waals surface area contributed by atoms with E-state index in [1.54, 1.807) is 18.2 Å². The van der Waals surface area contributed by atoms with E-state index in [4.69, 9.17) is 9.47 Å². The molecule has 6 nitrogen and oxygen atoms in total. The second-order valence-corrected chi connectivity index (χ2v) is 5.61. The van der Waals surface area contributed by atoms with E-state index in [-0.39, 0.29) is 11.5 Å². The smallest absolute Gasteiger partial charge is 0.257 e. The Balaban J connectivity index is 2.05. The highest BCUT2D eigenvalue weighted by Crippen LogP contribution is 2.30. The van der Waals surface area contributed by atoms with Gasteiger partial charge < -0.3 is 14.8 Å². The van der Waals surface area contributed by atoms with E-state index < -0.39 is 11.7 Å². The summed E-state index contributed by atoms with van der Waals surface area (Å²) in [6.07, 6.45) is 1.40. The number of methoxy groups -OCH3 is 2. The zero-order chi connectivity index (χ0) is 18.8. The van der Waals surface area contributed by atoms with Crippen molar-refractivity contribution in [3.63, 3.8) is 0 Å². The summed E-state index contributed by atoms with van der Waals surface area (Å²) in [6.45, 7) is 1.34. The molecule has 1 heterocycles. The Hall–Kier alpha value is -3.35. The van der Waals surface area contributed by atoms with Crippen LogP contribution in [0.3, 0.4) is 0 Å². The summed E-state index contributed by atoms with van der Waals surface area (Å²) < 4.78 is 25.2. The molecule has 26 heavy (non-hydrogen) atoms. The Labute approximate surface area is 149 Å². The topological polar surface area (TPSA) is 69.6 Å². The molecule has 0 aliphatic carbocycles. The lowest BCUT2D eigenvalue weighted by Crippen LogP contribution is -2.13. The summed E-state index contributed by atoms with van der Waals surface area (Å²) in [4.78, 5) is 24.6. The summed E-state index contributed by atoms with van der Waals surface area (Å²) >= 11 is 0. The number of amides is 1. The lowest BCUT2D eigenvalue weighted by Gasteiger charge is -2.11. The molecule has 0 radical (unpaired) electrons. The number of anilines is 1. The number of ether oxygens (including phenoxy) is 2. The van der Waals surface area contributed by atoms with Gasteiger partial charge in [-0.15, -0.1) is 0 Å². The molecule has 1 amide bonds. The quantitative estimate of drug-likeness (QED) is 0.774. The first-order valence-electron chi connectivity index (χ1n) is 7.79. The van der Waals surface area contributed by atoms with Gasteiger partial charge in [-0.25, -0.2) is 4.39 Å². The fourth-order valence-electron chi connectivity index (χ4n) is 2.74. The van der Waals surface area contributed by atoms with Gasteiger partial charge in [-0.1, -0.05) is 0 Å². The number of fused-ring (bicyclic) bond motifs is 1. The molecule has 0 fully saturated rings. The van der Waals surface area contributed by atoms with Crippen LogP contribution in [0.4, 0.5) is 10.1 Å². The number of nitrogens with zero attached hydrogens (tertiary/aromatic N) is 1. The van der Waals surface area contributed by atoms with E-state index in [1.165, 1.54) is 50.1 Å². The monoisotopic (exact) mass is 356 g/mol. The van der Waals surface area contributed by atoms with Crippen LogP contribution in [-0.4, -0.2) is 30.6 Å². The first-order valence-corrected chi connectivity index (χ1v) is 7.79. The molecule has 0 unspecified atom stereocenters. The molecule has 0 spiro atoms. The van der Waals surface area contributed by atoms with Crippen LogP contribution in [0.5, 0.6) is 11.5 Å². The van der Waals surface area contributed by atoms with Gasteiger partial charge in [0.1, 0.15) is 17.3 Å². The van der Waals surface area contributed by atoms with Crippen molar-refractivity contribution in [3.8, 4) is 11.5 Å². The van der Waals surface area contributed by atoms with Crippen molar-refractivity contribution in [2.45, 2.75) is 6.92 Å². The van der Waals surface area contributed by atoms with Crippen LogP contribution in [0.2, 0.25) is 0 Å². The minimum absolute atomic E-state index is 0.250. The predicted octanol–water partition coefficient (Wildman–Crippen LogP) is 3.71. The lowest BCUT2D eigenvalue weighted by molar-refractivity contribution is 0.0941. The van der Waals surface area contributed by atoms with Crippen molar-refractivity contribution in [1.29, 1.82) is 0 Å². The summed E-state index contributed by atoms with van der Waals surface area (Å²) in [7, 11) is 3.00. The van der Waals surface area contributed by atoms with Gasteiger partial charge >= 0.3 is 0 Å². The number of hydrogen-bond acceptors (Lipinski definition) is 4. The van der Waals surface area contributed by atoms with Crippen molar-refractivity contribution in [3.05, 3.63) is 54.0 Å². The molecule has 0 aliphatic heterocycles. The average molecular weight is 356 g/mol. The maximum atomic E-state index is 13.6. The fraction of sp³-hybridized carbons (Fsp3) is 0.158. The molecule has 0 saturated carbocycles. The van der Waals surface area contributed by atoms with Gasteiger partial charge in [0.2, 0.25) is 5.91 Å². The number of carbonyl (C=O) groups excluding carboxylic acids is 2. The third kappa shape index (κ3) is 3.11. The van der Waals surface area contributed by atoms with Gasteiger partial charge in [-0.2, -0.15) is 0 Å². The first-order chi connectivity index (χ1) is 12.4. The predicted molar refractivity (Wildman–Crippen MR) is 95.7 cm³/mol. The van der Waals surface area contributed by atoms with Crippen molar-refractivity contribution >= 4 is 28.4 Å². The van der Waals surface area contributed by atoms with Gasteiger partial charge in [0, 0.05) is 24.6 Å². The Kier molecular flexibility index (Phi) is 4.62. The molecule has 0 atom stereocenters. The number of nitrogens with one attached hydrogen (secondary N) is 1. The van der Waals surface area contributed by atoms with Gasteiger partial charge in [-0.3, -0.25) is 14.2 Å². The third-order valence-corrected chi connectivity index (χ3v) is 4.01. The molecule has 7 heteroatoms. The molecular formula is C19H17FN2O4. The molecular weight excluding hydrogens is 339 g/mol. The van der Waals surface area contributed by atoms with Crippen LogP contribution >= 0.6 is 0 Å². The first kappa shape index (κ1) is 17.5. The second kappa shape index (κ2) is 6.87. The van der Waals surface area contributed by atoms with E-state index in [0.29, 0.717) is 28.1 Å². The Morgan fingerprint density at radius 3 is 2.50 bits per heavy atom. The summed E-state index contributed by atoms with van der Waals surface area (Å²) in [6, 6.07) is 8.94. The molecule has 0 saturated heterocycles. The molecule has 1 aromatic heterocycles. The number of halogens is 1. The average Bonchev–Trinajstić information content (AvgIpc) is 3.00. The Bertz CT molecular complexity index is 1010. The van der Waals surface area contributed by atoms with Gasteiger partial charge in [0.15, 0.2) is 0 Å². The maximum Gasteiger partial charge on any atom is 0.257 e. The second-order valence-electron chi connectivity index (χ2n) is 5.61. The molecule has 0 aliphatic rings. The van der Waals surface area contributed by atoms with Crippen LogP contribution in [0.15, 0.2) is 42.6 Å². The van der Waals surface area contributed by atoms with Crippen LogP contribution in [0.25, 0.3) is 10.9 Å². The lowest BCUT2D eigenvalue weighted by atomic mass is 10.1. The highest BCUT2D eigenvalue weighted by Gasteiger charge is 2.19. The van der Waals surface area contributed by atoms with Crippen LogP contribution in [0, 0.1) is 5.82 Å². The van der Waals surface area contributed by atoms with E-state index in [0.717, 1.165) is 0 Å². The number of carbonyl (C=O) groups is 2. The minimum atomic E-state index is -0.487. The summed E-state index contributed by atoms with van der Waals surface area (Å²) in [5, 5.41) is 3.22. The van der Waals surface area contributed by atoms with Crippen LogP contribution < -0.4 is 14.8 Å². The van der Waals surface area contributed by atoms with E-state index in [9.17, 15) is 14.0 Å². The molecule has 134 valence electrons. The summed E-state index contributed by atoms with van der Waals surface area (Å²) in [5.41, 5.74) is 1.00. The van der Waals surface area contributed by atoms with E-state index in [1.807, 2.05) is 0 Å². The van der Waals surface area contributed by atoms with E-state index >= 15 is 0 Å². The normalized spacial score (nSPS) is 10.6. The zero-order valence-electron chi connectivity index (χ0n) is 14.5. The van der Waals surface area contributed by atoms with Crippen molar-refractivity contribution in [2.24, 2.45) is 0 Å². The highest BCUT2D eigenvalue weighted by atomic mass is 19.1. The minimum Gasteiger partial charge on any atom is -0.497 e. The van der Waals surface area contributed by atoms with Crippen LogP contribution in [-0.2, 0) is 0 Å². The summed E-state index contributed by atoms with van der Waals surface area (Å²) in [5.74, 6) is -0.249. The largest absolute Gasteiger partial charge is 0.497 e. The number of benzene rings is 2. The van der Waals surface area contributed by atoms with E-state index in [2.05, 4.69) is 5.32 Å². The highest BCUT2D eigenvalue weighted by molar-refractivity contribution is 6.14. The number of rotatable bonds is 4. The van der Waals surface area contributed by atoms with Gasteiger partial charge in [0.25, 0.3) is 5.91 Å². The molecule has 2 aromatic carbocycles. The molecule has 1 N–H and O–H groups in total. The number of hydrogen-bond donors (Lipinski definition) is 1. The SMILES string of the molecule is COc1ccc(OC)c(NC(=O)c2cn(C(C)=O)c3cc(F)ccc23)c1. The number of aromatic nitrogens is 1.